The smallest absolute Gasteiger partial charge is 0.122 e. The highest BCUT2D eigenvalue weighted by Crippen LogP contribution is 2.21. The van der Waals surface area contributed by atoms with E-state index in [-0.39, 0.29) is 0 Å². The maximum atomic E-state index is 5.66. The quantitative estimate of drug-likeness (QED) is 0.786. The summed E-state index contributed by atoms with van der Waals surface area (Å²) in [4.78, 5) is 2.55. The van der Waals surface area contributed by atoms with Gasteiger partial charge in [-0.3, -0.25) is 4.90 Å². The largest absolute Gasteiger partial charge is 0.468 e. The molecule has 0 saturated carbocycles. The van der Waals surface area contributed by atoms with Crippen LogP contribution in [0.1, 0.15) is 50.9 Å². The molecule has 3 nitrogen and oxygen atoms in total. The molecule has 1 aliphatic rings. The minimum absolute atomic E-state index is 0.695. The second-order valence-electron chi connectivity index (χ2n) is 5.36. The van der Waals surface area contributed by atoms with E-state index in [4.69, 9.17) is 4.42 Å². The molecule has 0 aliphatic carbocycles. The van der Waals surface area contributed by atoms with Gasteiger partial charge < -0.3 is 9.73 Å². The lowest BCUT2D eigenvalue weighted by atomic mass is 10.0. The topological polar surface area (TPSA) is 28.4 Å². The summed E-state index contributed by atoms with van der Waals surface area (Å²) >= 11 is 0. The fraction of sp³-hybridized carbons (Fsp3) is 0.733. The molecule has 1 N–H and O–H groups in total. The first kappa shape index (κ1) is 13.6. The van der Waals surface area contributed by atoms with E-state index in [1.165, 1.54) is 37.8 Å². The number of nitrogens with zero attached hydrogens (tertiary/aromatic N) is 1. The second-order valence-corrected chi connectivity index (χ2v) is 5.36. The van der Waals surface area contributed by atoms with Crippen molar-refractivity contribution in [1.82, 2.24) is 10.2 Å². The minimum atomic E-state index is 0.695. The lowest BCUT2D eigenvalue weighted by Gasteiger charge is -2.32. The molecule has 1 aromatic rings. The molecule has 0 radical (unpaired) electrons. The standard InChI is InChI=1S/C15H26N2O/c1-3-8-16-11-14-7-10-18-15(14)12-17-9-5-4-6-13(17)2/h7,10,13,16H,3-6,8-9,11-12H2,1-2H3. The first-order valence-corrected chi connectivity index (χ1v) is 7.31. The van der Waals surface area contributed by atoms with E-state index < -0.39 is 0 Å². The summed E-state index contributed by atoms with van der Waals surface area (Å²) < 4.78 is 5.66. The summed E-state index contributed by atoms with van der Waals surface area (Å²) in [7, 11) is 0. The molecule has 1 unspecified atom stereocenters. The zero-order chi connectivity index (χ0) is 12.8. The van der Waals surface area contributed by atoms with Crippen LogP contribution in [-0.4, -0.2) is 24.0 Å². The normalized spacial score (nSPS) is 21.3. The van der Waals surface area contributed by atoms with Gasteiger partial charge in [0, 0.05) is 18.2 Å². The van der Waals surface area contributed by atoms with Gasteiger partial charge in [-0.15, -0.1) is 0 Å². The lowest BCUT2D eigenvalue weighted by molar-refractivity contribution is 0.141. The molecule has 3 heteroatoms. The number of hydrogen-bond acceptors (Lipinski definition) is 3. The molecule has 2 rings (SSSR count). The van der Waals surface area contributed by atoms with Crippen LogP contribution in [0.3, 0.4) is 0 Å². The van der Waals surface area contributed by atoms with E-state index in [1.54, 1.807) is 0 Å². The Labute approximate surface area is 111 Å². The second kappa shape index (κ2) is 6.95. The third-order valence-corrected chi connectivity index (χ3v) is 3.87. The SMILES string of the molecule is CCCNCc1ccoc1CN1CCCCC1C. The third-order valence-electron chi connectivity index (χ3n) is 3.87. The summed E-state index contributed by atoms with van der Waals surface area (Å²) in [5.41, 5.74) is 1.32. The predicted octanol–water partition coefficient (Wildman–Crippen LogP) is 3.15. The maximum absolute atomic E-state index is 5.66. The van der Waals surface area contributed by atoms with Crippen LogP contribution in [0.5, 0.6) is 0 Å². The van der Waals surface area contributed by atoms with Gasteiger partial charge in [0.1, 0.15) is 5.76 Å². The molecule has 0 amide bonds. The fourth-order valence-electron chi connectivity index (χ4n) is 2.64. The van der Waals surface area contributed by atoms with Crippen molar-refractivity contribution in [2.75, 3.05) is 13.1 Å². The molecule has 1 fully saturated rings. The highest BCUT2D eigenvalue weighted by molar-refractivity contribution is 5.17. The predicted molar refractivity (Wildman–Crippen MR) is 74.4 cm³/mol. The van der Waals surface area contributed by atoms with Gasteiger partial charge in [-0.1, -0.05) is 13.3 Å². The molecule has 1 atom stereocenters. The Morgan fingerprint density at radius 1 is 1.44 bits per heavy atom. The van der Waals surface area contributed by atoms with E-state index in [0.717, 1.165) is 25.4 Å². The van der Waals surface area contributed by atoms with Crippen LogP contribution in [0.4, 0.5) is 0 Å². The Morgan fingerprint density at radius 3 is 3.11 bits per heavy atom. The van der Waals surface area contributed by atoms with Crippen molar-refractivity contribution in [2.24, 2.45) is 0 Å². The number of hydrogen-bond donors (Lipinski definition) is 1. The van der Waals surface area contributed by atoms with Crippen molar-refractivity contribution in [3.63, 3.8) is 0 Å². The van der Waals surface area contributed by atoms with Gasteiger partial charge in [0.05, 0.1) is 12.8 Å². The lowest BCUT2D eigenvalue weighted by Crippen LogP contribution is -2.36. The zero-order valence-electron chi connectivity index (χ0n) is 11.7. The number of furan rings is 1. The summed E-state index contributed by atoms with van der Waals surface area (Å²) in [5, 5.41) is 3.45. The van der Waals surface area contributed by atoms with Crippen LogP contribution in [0, 0.1) is 0 Å². The van der Waals surface area contributed by atoms with Crippen LogP contribution in [0.15, 0.2) is 16.7 Å². The van der Waals surface area contributed by atoms with Crippen molar-refractivity contribution in [1.29, 1.82) is 0 Å². The zero-order valence-corrected chi connectivity index (χ0v) is 11.7. The van der Waals surface area contributed by atoms with Crippen LogP contribution in [0.2, 0.25) is 0 Å². The van der Waals surface area contributed by atoms with Crippen molar-refractivity contribution in [3.8, 4) is 0 Å². The van der Waals surface area contributed by atoms with E-state index in [9.17, 15) is 0 Å². The molecule has 0 aromatic carbocycles. The van der Waals surface area contributed by atoms with Gasteiger partial charge >= 0.3 is 0 Å². The van der Waals surface area contributed by atoms with Crippen LogP contribution < -0.4 is 5.32 Å². The molecule has 0 bridgehead atoms. The Kier molecular flexibility index (Phi) is 5.26. The summed E-state index contributed by atoms with van der Waals surface area (Å²) in [5.74, 6) is 1.15. The van der Waals surface area contributed by atoms with Gasteiger partial charge in [0.15, 0.2) is 0 Å². The average Bonchev–Trinajstić information content (AvgIpc) is 2.80. The molecular formula is C15H26N2O. The molecule has 0 spiro atoms. The molecular weight excluding hydrogens is 224 g/mol. The third kappa shape index (κ3) is 3.59. The Morgan fingerprint density at radius 2 is 2.33 bits per heavy atom. The fourth-order valence-corrected chi connectivity index (χ4v) is 2.64. The van der Waals surface area contributed by atoms with E-state index in [0.29, 0.717) is 6.04 Å². The molecule has 102 valence electrons. The maximum Gasteiger partial charge on any atom is 0.122 e. The highest BCUT2D eigenvalue weighted by Gasteiger charge is 2.20. The average molecular weight is 250 g/mol. The number of nitrogens with one attached hydrogen (secondary N) is 1. The Bertz CT molecular complexity index is 348. The monoisotopic (exact) mass is 250 g/mol. The molecule has 18 heavy (non-hydrogen) atoms. The highest BCUT2D eigenvalue weighted by atomic mass is 16.3. The van der Waals surface area contributed by atoms with Crippen molar-refractivity contribution in [2.45, 2.75) is 58.7 Å². The Balaban J connectivity index is 1.90. The number of likely N-dealkylation sites (tertiary alicyclic amines) is 1. The van der Waals surface area contributed by atoms with Crippen LogP contribution in [-0.2, 0) is 13.1 Å². The van der Waals surface area contributed by atoms with Gasteiger partial charge in [-0.25, -0.2) is 0 Å². The Hall–Kier alpha value is -0.800. The number of piperidine rings is 1. The van der Waals surface area contributed by atoms with Crippen molar-refractivity contribution < 1.29 is 4.42 Å². The van der Waals surface area contributed by atoms with Gasteiger partial charge in [-0.2, -0.15) is 0 Å². The molecule has 1 aliphatic heterocycles. The van der Waals surface area contributed by atoms with Crippen molar-refractivity contribution >= 4 is 0 Å². The van der Waals surface area contributed by atoms with Crippen molar-refractivity contribution in [3.05, 3.63) is 23.7 Å². The first-order chi connectivity index (χ1) is 8.81. The minimum Gasteiger partial charge on any atom is -0.468 e. The van der Waals surface area contributed by atoms with Crippen LogP contribution >= 0.6 is 0 Å². The van der Waals surface area contributed by atoms with E-state index >= 15 is 0 Å². The first-order valence-electron chi connectivity index (χ1n) is 7.31. The summed E-state index contributed by atoms with van der Waals surface area (Å²) in [6, 6.07) is 2.80. The summed E-state index contributed by atoms with van der Waals surface area (Å²) in [6.45, 7) is 8.71. The number of rotatable bonds is 6. The van der Waals surface area contributed by atoms with E-state index in [1.807, 2.05) is 6.26 Å². The van der Waals surface area contributed by atoms with Gasteiger partial charge in [0.25, 0.3) is 0 Å². The van der Waals surface area contributed by atoms with Crippen LogP contribution in [0.25, 0.3) is 0 Å². The summed E-state index contributed by atoms with van der Waals surface area (Å²) in [6.07, 6.45) is 7.03. The molecule has 1 aromatic heterocycles. The molecule has 1 saturated heterocycles. The molecule has 2 heterocycles. The van der Waals surface area contributed by atoms with Gasteiger partial charge in [-0.05, 0) is 45.3 Å². The van der Waals surface area contributed by atoms with Gasteiger partial charge in [0.2, 0.25) is 0 Å². The van der Waals surface area contributed by atoms with E-state index in [2.05, 4.69) is 30.1 Å².